The molecule has 24 heavy (non-hydrogen) atoms. The third-order valence-electron chi connectivity index (χ3n) is 4.54. The summed E-state index contributed by atoms with van der Waals surface area (Å²) in [5.41, 5.74) is 2.95. The number of fused-ring (bicyclic) bond motifs is 1. The lowest BCUT2D eigenvalue weighted by Crippen LogP contribution is -2.07. The molecule has 2 aromatic heterocycles. The molecule has 0 radical (unpaired) electrons. The summed E-state index contributed by atoms with van der Waals surface area (Å²) in [4.78, 5) is 15.4. The molecule has 2 unspecified atom stereocenters. The fourth-order valence-electron chi connectivity index (χ4n) is 3.07. The number of amides is 1. The topological polar surface area (TPSA) is 58.0 Å². The largest absolute Gasteiger partial charge is 0.461 e. The molecule has 4 rings (SSSR count). The van der Waals surface area contributed by atoms with E-state index in [2.05, 4.69) is 23.3 Å². The van der Waals surface area contributed by atoms with E-state index in [0.717, 1.165) is 33.8 Å². The van der Waals surface area contributed by atoms with Crippen molar-refractivity contribution in [3.63, 3.8) is 0 Å². The standard InChI is InChI=1S/C20H20N2O2/c1-12-9-17(12)19-7-4-16(24-19)5-8-20(23)22-15-3-6-18-14(11-15)10-13(2)21-18/h3-8,10-12,17,21H,9H2,1-2H3,(H,22,23)/b8-5+. The average Bonchev–Trinajstić information content (AvgIpc) is 2.97. The van der Waals surface area contributed by atoms with Crippen LogP contribution in [0.15, 0.2) is 46.9 Å². The molecular formula is C20H20N2O2. The third-order valence-corrected chi connectivity index (χ3v) is 4.54. The normalized spacial score (nSPS) is 19.9. The zero-order chi connectivity index (χ0) is 16.7. The third kappa shape index (κ3) is 3.00. The van der Waals surface area contributed by atoms with Crippen molar-refractivity contribution in [3.05, 3.63) is 59.7 Å². The van der Waals surface area contributed by atoms with Gasteiger partial charge >= 0.3 is 0 Å². The molecule has 0 saturated heterocycles. The van der Waals surface area contributed by atoms with Crippen molar-refractivity contribution < 1.29 is 9.21 Å². The molecule has 122 valence electrons. The highest BCUT2D eigenvalue weighted by atomic mass is 16.3. The van der Waals surface area contributed by atoms with Crippen LogP contribution in [0.4, 0.5) is 5.69 Å². The Balaban J connectivity index is 1.42. The van der Waals surface area contributed by atoms with Crippen LogP contribution in [0.3, 0.4) is 0 Å². The molecule has 4 nitrogen and oxygen atoms in total. The van der Waals surface area contributed by atoms with E-state index in [1.807, 2.05) is 37.3 Å². The van der Waals surface area contributed by atoms with Crippen LogP contribution < -0.4 is 5.32 Å². The summed E-state index contributed by atoms with van der Waals surface area (Å²) >= 11 is 0. The van der Waals surface area contributed by atoms with E-state index < -0.39 is 0 Å². The minimum atomic E-state index is -0.167. The van der Waals surface area contributed by atoms with Gasteiger partial charge in [-0.25, -0.2) is 0 Å². The highest BCUT2D eigenvalue weighted by molar-refractivity contribution is 6.02. The maximum Gasteiger partial charge on any atom is 0.248 e. The van der Waals surface area contributed by atoms with Gasteiger partial charge in [-0.3, -0.25) is 4.79 Å². The number of carbonyl (C=O) groups excluding carboxylic acids is 1. The Labute approximate surface area is 140 Å². The molecule has 0 spiro atoms. The van der Waals surface area contributed by atoms with Gasteiger partial charge in [0.25, 0.3) is 0 Å². The van der Waals surface area contributed by atoms with Gasteiger partial charge < -0.3 is 14.7 Å². The zero-order valence-corrected chi connectivity index (χ0v) is 13.8. The molecule has 3 aromatic rings. The van der Waals surface area contributed by atoms with E-state index in [4.69, 9.17) is 4.42 Å². The zero-order valence-electron chi connectivity index (χ0n) is 13.8. The van der Waals surface area contributed by atoms with Crippen molar-refractivity contribution in [1.82, 2.24) is 4.98 Å². The van der Waals surface area contributed by atoms with E-state index in [0.29, 0.717) is 11.8 Å². The molecule has 0 aliphatic heterocycles. The summed E-state index contributed by atoms with van der Waals surface area (Å²) < 4.78 is 5.77. The van der Waals surface area contributed by atoms with Gasteiger partial charge in [0.2, 0.25) is 5.91 Å². The Bertz CT molecular complexity index is 932. The number of aromatic amines is 1. The van der Waals surface area contributed by atoms with Gasteiger partial charge in [-0.1, -0.05) is 6.92 Å². The first-order valence-corrected chi connectivity index (χ1v) is 8.26. The molecular weight excluding hydrogens is 300 g/mol. The fraction of sp³-hybridized carbons (Fsp3) is 0.250. The second-order valence-corrected chi connectivity index (χ2v) is 6.64. The number of hydrogen-bond acceptors (Lipinski definition) is 2. The minimum absolute atomic E-state index is 0.167. The van der Waals surface area contributed by atoms with E-state index in [9.17, 15) is 4.79 Å². The Morgan fingerprint density at radius 3 is 2.92 bits per heavy atom. The molecule has 1 aliphatic carbocycles. The van der Waals surface area contributed by atoms with Gasteiger partial charge in [0, 0.05) is 34.3 Å². The maximum absolute atomic E-state index is 12.1. The van der Waals surface area contributed by atoms with Crippen molar-refractivity contribution in [3.8, 4) is 0 Å². The van der Waals surface area contributed by atoms with Gasteiger partial charge in [-0.2, -0.15) is 0 Å². The molecule has 2 N–H and O–H groups in total. The number of aryl methyl sites for hydroxylation is 1. The van der Waals surface area contributed by atoms with Crippen LogP contribution in [-0.2, 0) is 4.79 Å². The van der Waals surface area contributed by atoms with E-state index >= 15 is 0 Å². The molecule has 4 heteroatoms. The Kier molecular flexibility index (Phi) is 3.53. The number of benzene rings is 1. The summed E-state index contributed by atoms with van der Waals surface area (Å²) in [6.45, 7) is 4.24. The summed E-state index contributed by atoms with van der Waals surface area (Å²) in [5, 5.41) is 3.97. The molecule has 0 bridgehead atoms. The lowest BCUT2D eigenvalue weighted by Gasteiger charge is -2.01. The van der Waals surface area contributed by atoms with Crippen LogP contribution >= 0.6 is 0 Å². The smallest absolute Gasteiger partial charge is 0.248 e. The Hall–Kier alpha value is -2.75. The first kappa shape index (κ1) is 14.8. The Morgan fingerprint density at radius 1 is 1.29 bits per heavy atom. The molecule has 1 aliphatic rings. The maximum atomic E-state index is 12.1. The summed E-state index contributed by atoms with van der Waals surface area (Å²) in [5.74, 6) is 2.84. The van der Waals surface area contributed by atoms with Crippen molar-refractivity contribution in [1.29, 1.82) is 0 Å². The lowest BCUT2D eigenvalue weighted by atomic mass is 10.2. The molecule has 1 fully saturated rings. The summed E-state index contributed by atoms with van der Waals surface area (Å²) in [6.07, 6.45) is 4.41. The number of anilines is 1. The Morgan fingerprint density at radius 2 is 2.12 bits per heavy atom. The van der Waals surface area contributed by atoms with Crippen LogP contribution in [0.1, 0.15) is 36.5 Å². The first-order chi connectivity index (χ1) is 11.6. The number of rotatable bonds is 4. The number of aromatic nitrogens is 1. The second-order valence-electron chi connectivity index (χ2n) is 6.64. The van der Waals surface area contributed by atoms with Gasteiger partial charge in [-0.15, -0.1) is 0 Å². The number of carbonyl (C=O) groups is 1. The monoisotopic (exact) mass is 320 g/mol. The molecule has 1 saturated carbocycles. The fourth-order valence-corrected chi connectivity index (χ4v) is 3.07. The van der Waals surface area contributed by atoms with Crippen molar-refractivity contribution in [2.45, 2.75) is 26.2 Å². The van der Waals surface area contributed by atoms with Crippen LogP contribution in [-0.4, -0.2) is 10.9 Å². The number of hydrogen-bond donors (Lipinski definition) is 2. The molecule has 2 atom stereocenters. The number of furan rings is 1. The van der Waals surface area contributed by atoms with Crippen LogP contribution in [0, 0.1) is 12.8 Å². The number of H-pyrrole nitrogens is 1. The number of nitrogens with one attached hydrogen (secondary N) is 2. The predicted octanol–water partition coefficient (Wildman–Crippen LogP) is 4.84. The molecule has 1 aromatic carbocycles. The van der Waals surface area contributed by atoms with Crippen LogP contribution in [0.5, 0.6) is 0 Å². The van der Waals surface area contributed by atoms with Gasteiger partial charge in [0.15, 0.2) is 0 Å². The highest BCUT2D eigenvalue weighted by Gasteiger charge is 2.36. The SMILES string of the molecule is Cc1cc2cc(NC(=O)/C=C/c3ccc(C4CC4C)o3)ccc2[nH]1. The van der Waals surface area contributed by atoms with Crippen molar-refractivity contribution in [2.75, 3.05) is 5.32 Å². The quantitative estimate of drug-likeness (QED) is 0.675. The van der Waals surface area contributed by atoms with Crippen molar-refractivity contribution in [2.24, 2.45) is 5.92 Å². The summed E-state index contributed by atoms with van der Waals surface area (Å²) in [6, 6.07) is 11.8. The van der Waals surface area contributed by atoms with E-state index in [1.54, 1.807) is 6.08 Å². The minimum Gasteiger partial charge on any atom is -0.461 e. The van der Waals surface area contributed by atoms with Crippen LogP contribution in [0.25, 0.3) is 17.0 Å². The van der Waals surface area contributed by atoms with E-state index in [-0.39, 0.29) is 5.91 Å². The summed E-state index contributed by atoms with van der Waals surface area (Å²) in [7, 11) is 0. The van der Waals surface area contributed by atoms with Gasteiger partial charge in [-0.05, 0) is 61.7 Å². The molecule has 2 heterocycles. The second kappa shape index (κ2) is 5.71. The predicted molar refractivity (Wildman–Crippen MR) is 95.9 cm³/mol. The van der Waals surface area contributed by atoms with Crippen molar-refractivity contribution >= 4 is 28.6 Å². The lowest BCUT2D eigenvalue weighted by molar-refractivity contribution is -0.111. The van der Waals surface area contributed by atoms with E-state index in [1.165, 1.54) is 12.5 Å². The van der Waals surface area contributed by atoms with Crippen LogP contribution in [0.2, 0.25) is 0 Å². The first-order valence-electron chi connectivity index (χ1n) is 8.26. The average molecular weight is 320 g/mol. The molecule has 1 amide bonds. The van der Waals surface area contributed by atoms with Gasteiger partial charge in [0.1, 0.15) is 11.5 Å². The van der Waals surface area contributed by atoms with Gasteiger partial charge in [0.05, 0.1) is 0 Å². The highest BCUT2D eigenvalue weighted by Crippen LogP contribution is 2.47.